The molecule has 0 radical (unpaired) electrons. The van der Waals surface area contributed by atoms with E-state index in [9.17, 15) is 0 Å². The third kappa shape index (κ3) is 7.15. The zero-order chi connectivity index (χ0) is 18.2. The van der Waals surface area contributed by atoms with Gasteiger partial charge in [-0.15, -0.1) is 24.0 Å². The van der Waals surface area contributed by atoms with E-state index < -0.39 is 0 Å². The van der Waals surface area contributed by atoms with Gasteiger partial charge in [-0.3, -0.25) is 9.89 Å². The van der Waals surface area contributed by atoms with E-state index in [0.29, 0.717) is 18.1 Å². The zero-order valence-corrected chi connectivity index (χ0v) is 19.9. The fraction of sp³-hybridized carbons (Fsp3) is 0.950. The third-order valence-electron chi connectivity index (χ3n) is 5.88. The first-order chi connectivity index (χ1) is 12.0. The molecule has 0 amide bonds. The molecule has 2 fully saturated rings. The molecule has 0 aromatic carbocycles. The maximum atomic E-state index is 5.77. The fourth-order valence-electron chi connectivity index (χ4n) is 4.14. The van der Waals surface area contributed by atoms with Crippen LogP contribution in [0, 0.1) is 11.8 Å². The SMILES string of the molecule is CCOC1CCN(C(=NC)NCC(C(C)C)N2CCC(C)CC2)CC1.I. The van der Waals surface area contributed by atoms with Gasteiger partial charge >= 0.3 is 0 Å². The highest BCUT2D eigenvalue weighted by atomic mass is 127. The Morgan fingerprint density at radius 2 is 1.73 bits per heavy atom. The van der Waals surface area contributed by atoms with Gasteiger partial charge in [-0.2, -0.15) is 0 Å². The van der Waals surface area contributed by atoms with E-state index in [-0.39, 0.29) is 24.0 Å². The van der Waals surface area contributed by atoms with Crippen LogP contribution in [0.3, 0.4) is 0 Å². The van der Waals surface area contributed by atoms with Crippen molar-refractivity contribution < 1.29 is 4.74 Å². The summed E-state index contributed by atoms with van der Waals surface area (Å²) in [6.07, 6.45) is 5.31. The lowest BCUT2D eigenvalue weighted by molar-refractivity contribution is 0.0262. The summed E-state index contributed by atoms with van der Waals surface area (Å²) < 4.78 is 5.77. The van der Waals surface area contributed by atoms with Crippen molar-refractivity contribution in [2.24, 2.45) is 16.8 Å². The van der Waals surface area contributed by atoms with Crippen LogP contribution in [0.15, 0.2) is 4.99 Å². The lowest BCUT2D eigenvalue weighted by Gasteiger charge is -2.40. The second kappa shape index (κ2) is 12.4. The molecule has 2 heterocycles. The van der Waals surface area contributed by atoms with Crippen LogP contribution in [-0.2, 0) is 4.74 Å². The average Bonchev–Trinajstić information content (AvgIpc) is 2.61. The van der Waals surface area contributed by atoms with Crippen molar-refractivity contribution in [3.63, 3.8) is 0 Å². The van der Waals surface area contributed by atoms with Crippen LogP contribution in [-0.4, -0.2) is 74.3 Å². The number of piperidine rings is 2. The molecular formula is C20H41IN4O. The minimum atomic E-state index is 0. The van der Waals surface area contributed by atoms with Crippen molar-refractivity contribution in [2.45, 2.75) is 65.5 Å². The number of rotatable bonds is 6. The van der Waals surface area contributed by atoms with Crippen LogP contribution in [0.1, 0.15) is 53.4 Å². The fourth-order valence-corrected chi connectivity index (χ4v) is 4.14. The van der Waals surface area contributed by atoms with E-state index in [1.165, 1.54) is 25.9 Å². The van der Waals surface area contributed by atoms with Crippen LogP contribution in [0.4, 0.5) is 0 Å². The van der Waals surface area contributed by atoms with Crippen LogP contribution in [0.5, 0.6) is 0 Å². The Kier molecular flexibility index (Phi) is 11.4. The molecule has 0 saturated carbocycles. The Hall–Kier alpha value is -0.0800. The highest BCUT2D eigenvalue weighted by Crippen LogP contribution is 2.21. The Morgan fingerprint density at radius 1 is 1.12 bits per heavy atom. The van der Waals surface area contributed by atoms with Crippen LogP contribution in [0.2, 0.25) is 0 Å². The van der Waals surface area contributed by atoms with E-state index >= 15 is 0 Å². The monoisotopic (exact) mass is 480 g/mol. The van der Waals surface area contributed by atoms with E-state index in [1.807, 2.05) is 7.05 Å². The Balaban J connectivity index is 0.00000338. The Labute approximate surface area is 178 Å². The second-order valence-electron chi connectivity index (χ2n) is 8.10. The number of ether oxygens (including phenoxy) is 1. The first-order valence-electron chi connectivity index (χ1n) is 10.4. The molecule has 1 unspecified atom stereocenters. The molecule has 5 nitrogen and oxygen atoms in total. The standard InChI is InChI=1S/C20H40N4O.HI/c1-6-25-18-9-13-24(14-10-18)20(21-5)22-15-19(16(2)3)23-11-7-17(4)8-12-23;/h16-19H,6-15H2,1-5H3,(H,21,22);1H. The van der Waals surface area contributed by atoms with Gasteiger partial charge in [0.25, 0.3) is 0 Å². The van der Waals surface area contributed by atoms with Gasteiger partial charge in [0.2, 0.25) is 0 Å². The predicted molar refractivity (Wildman–Crippen MR) is 122 cm³/mol. The zero-order valence-electron chi connectivity index (χ0n) is 17.5. The van der Waals surface area contributed by atoms with Gasteiger partial charge in [-0.25, -0.2) is 0 Å². The molecule has 2 saturated heterocycles. The Morgan fingerprint density at radius 3 is 2.23 bits per heavy atom. The summed E-state index contributed by atoms with van der Waals surface area (Å²) in [5.74, 6) is 2.60. The lowest BCUT2D eigenvalue weighted by atomic mass is 9.94. The number of likely N-dealkylation sites (tertiary alicyclic amines) is 2. The molecule has 6 heteroatoms. The first kappa shape index (κ1) is 24.0. The summed E-state index contributed by atoms with van der Waals surface area (Å²) in [6, 6.07) is 0.588. The highest BCUT2D eigenvalue weighted by Gasteiger charge is 2.27. The summed E-state index contributed by atoms with van der Waals surface area (Å²) in [4.78, 5) is 9.62. The van der Waals surface area contributed by atoms with Crippen molar-refractivity contribution in [1.82, 2.24) is 15.1 Å². The number of halogens is 1. The average molecular weight is 480 g/mol. The quantitative estimate of drug-likeness (QED) is 0.359. The number of nitrogens with one attached hydrogen (secondary N) is 1. The highest BCUT2D eigenvalue weighted by molar-refractivity contribution is 14.0. The molecule has 154 valence electrons. The molecule has 2 rings (SSSR count). The molecule has 0 spiro atoms. The number of nitrogens with zero attached hydrogens (tertiary/aromatic N) is 3. The van der Waals surface area contributed by atoms with Gasteiger partial charge in [-0.05, 0) is 57.5 Å². The smallest absolute Gasteiger partial charge is 0.193 e. The molecule has 26 heavy (non-hydrogen) atoms. The molecule has 0 aliphatic carbocycles. The van der Waals surface area contributed by atoms with Crippen molar-refractivity contribution in [2.75, 3.05) is 46.4 Å². The topological polar surface area (TPSA) is 40.1 Å². The van der Waals surface area contributed by atoms with Gasteiger partial charge in [-0.1, -0.05) is 20.8 Å². The normalized spacial score (nSPS) is 22.4. The summed E-state index contributed by atoms with van der Waals surface area (Å²) >= 11 is 0. The number of guanidine groups is 1. The lowest BCUT2D eigenvalue weighted by Crippen LogP contribution is -2.53. The molecule has 1 N–H and O–H groups in total. The van der Waals surface area contributed by atoms with E-state index in [1.54, 1.807) is 0 Å². The van der Waals surface area contributed by atoms with Gasteiger partial charge in [0, 0.05) is 39.3 Å². The predicted octanol–water partition coefficient (Wildman–Crippen LogP) is 3.44. The number of hydrogen-bond donors (Lipinski definition) is 1. The maximum absolute atomic E-state index is 5.77. The minimum Gasteiger partial charge on any atom is -0.378 e. The maximum Gasteiger partial charge on any atom is 0.193 e. The third-order valence-corrected chi connectivity index (χ3v) is 5.88. The summed E-state index contributed by atoms with van der Waals surface area (Å²) in [5.41, 5.74) is 0. The van der Waals surface area contributed by atoms with Crippen molar-refractivity contribution in [3.05, 3.63) is 0 Å². The Bertz CT molecular complexity index is 403. The molecule has 0 aromatic heterocycles. The number of hydrogen-bond acceptors (Lipinski definition) is 3. The van der Waals surface area contributed by atoms with Crippen LogP contribution >= 0.6 is 24.0 Å². The molecule has 0 aromatic rings. The number of aliphatic imine (C=N–C) groups is 1. The second-order valence-corrected chi connectivity index (χ2v) is 8.10. The van der Waals surface area contributed by atoms with Crippen molar-refractivity contribution in [3.8, 4) is 0 Å². The molecular weight excluding hydrogens is 439 g/mol. The van der Waals surface area contributed by atoms with Gasteiger partial charge < -0.3 is 15.0 Å². The molecule has 0 bridgehead atoms. The van der Waals surface area contributed by atoms with E-state index in [2.05, 4.69) is 47.8 Å². The minimum absolute atomic E-state index is 0. The molecule has 2 aliphatic heterocycles. The van der Waals surface area contributed by atoms with Gasteiger partial charge in [0.1, 0.15) is 0 Å². The largest absolute Gasteiger partial charge is 0.378 e. The van der Waals surface area contributed by atoms with Crippen molar-refractivity contribution in [1.29, 1.82) is 0 Å². The van der Waals surface area contributed by atoms with E-state index in [0.717, 1.165) is 51.0 Å². The van der Waals surface area contributed by atoms with Crippen LogP contribution < -0.4 is 5.32 Å². The van der Waals surface area contributed by atoms with Gasteiger partial charge in [0.05, 0.1) is 6.10 Å². The molecule has 2 aliphatic rings. The van der Waals surface area contributed by atoms with Gasteiger partial charge in [0.15, 0.2) is 5.96 Å². The summed E-state index contributed by atoms with van der Waals surface area (Å²) in [5, 5.41) is 3.67. The molecule has 1 atom stereocenters. The van der Waals surface area contributed by atoms with Crippen LogP contribution in [0.25, 0.3) is 0 Å². The van der Waals surface area contributed by atoms with Crippen molar-refractivity contribution >= 4 is 29.9 Å². The summed E-state index contributed by atoms with van der Waals surface area (Å²) in [6.45, 7) is 15.5. The first-order valence-corrected chi connectivity index (χ1v) is 10.4. The summed E-state index contributed by atoms with van der Waals surface area (Å²) in [7, 11) is 1.91. The van der Waals surface area contributed by atoms with E-state index in [4.69, 9.17) is 4.74 Å².